The highest BCUT2D eigenvalue weighted by atomic mass is 79.9. The number of alkyl halides is 3. The van der Waals surface area contributed by atoms with E-state index < -0.39 is 17.7 Å². The maximum Gasteiger partial charge on any atom is 0.433 e. The lowest BCUT2D eigenvalue weighted by Crippen LogP contribution is -2.09. The van der Waals surface area contributed by atoms with E-state index in [-0.39, 0.29) is 10.2 Å². The minimum absolute atomic E-state index is 0.00229. The van der Waals surface area contributed by atoms with Gasteiger partial charge in [-0.2, -0.15) is 13.2 Å². The predicted molar refractivity (Wildman–Crippen MR) is 46.9 cm³/mol. The minimum atomic E-state index is -4.53. The fourth-order valence-electron chi connectivity index (χ4n) is 0.845. The summed E-state index contributed by atoms with van der Waals surface area (Å²) in [6, 6.07) is 1.98. The Balaban J connectivity index is 3.28. The Bertz CT molecular complexity index is 375. The van der Waals surface area contributed by atoms with Gasteiger partial charge in [-0.3, -0.25) is 4.79 Å². The number of rotatable bonds is 1. The largest absolute Gasteiger partial charge is 0.433 e. The van der Waals surface area contributed by atoms with Crippen molar-refractivity contribution in [3.05, 3.63) is 28.0 Å². The van der Waals surface area contributed by atoms with Crippen molar-refractivity contribution in [2.45, 2.75) is 13.1 Å². The number of pyridine rings is 1. The second-order valence-electron chi connectivity index (χ2n) is 2.62. The molecule has 0 radical (unpaired) electrons. The van der Waals surface area contributed by atoms with Crippen LogP contribution < -0.4 is 0 Å². The van der Waals surface area contributed by atoms with Crippen LogP contribution >= 0.6 is 15.9 Å². The smallest absolute Gasteiger partial charge is 0.295 e. The van der Waals surface area contributed by atoms with Crippen LogP contribution in [0.3, 0.4) is 0 Å². The molecule has 0 aromatic carbocycles. The summed E-state index contributed by atoms with van der Waals surface area (Å²) < 4.78 is 36.6. The molecule has 0 N–H and O–H groups in total. The van der Waals surface area contributed by atoms with E-state index in [2.05, 4.69) is 20.9 Å². The average molecular weight is 268 g/mol. The van der Waals surface area contributed by atoms with Crippen LogP contribution in [0.1, 0.15) is 23.0 Å². The second-order valence-corrected chi connectivity index (χ2v) is 3.43. The number of Topliss-reactive ketones (excluding diaryl/α,β-unsaturated/α-hetero) is 1. The number of nitrogens with zero attached hydrogens (tertiary/aromatic N) is 1. The van der Waals surface area contributed by atoms with Gasteiger partial charge in [0, 0.05) is 5.56 Å². The van der Waals surface area contributed by atoms with Crippen LogP contribution in [-0.2, 0) is 6.18 Å². The number of carbonyl (C=O) groups is 1. The highest BCUT2D eigenvalue weighted by Gasteiger charge is 2.33. The number of halogens is 4. The second kappa shape index (κ2) is 3.68. The summed E-state index contributed by atoms with van der Waals surface area (Å²) in [5.74, 6) is -0.432. The number of carbonyl (C=O) groups excluding carboxylic acids is 1. The molecule has 0 aliphatic rings. The molecule has 2 nitrogen and oxygen atoms in total. The summed E-state index contributed by atoms with van der Waals surface area (Å²) in [4.78, 5) is 14.1. The molecule has 1 aromatic heterocycles. The molecule has 14 heavy (non-hydrogen) atoms. The maximum absolute atomic E-state index is 12.2. The van der Waals surface area contributed by atoms with Crippen LogP contribution in [0.4, 0.5) is 13.2 Å². The molecule has 0 fully saturated rings. The third-order valence-electron chi connectivity index (χ3n) is 1.49. The molecule has 0 aliphatic carbocycles. The van der Waals surface area contributed by atoms with Gasteiger partial charge in [0.1, 0.15) is 10.3 Å². The lowest BCUT2D eigenvalue weighted by Gasteiger charge is -2.07. The quantitative estimate of drug-likeness (QED) is 0.578. The van der Waals surface area contributed by atoms with Crippen LogP contribution in [0.25, 0.3) is 0 Å². The van der Waals surface area contributed by atoms with Crippen LogP contribution in [0, 0.1) is 0 Å². The Morgan fingerprint density at radius 1 is 1.43 bits per heavy atom. The molecule has 1 heterocycles. The van der Waals surface area contributed by atoms with Crippen molar-refractivity contribution in [1.82, 2.24) is 4.98 Å². The first-order valence-corrected chi connectivity index (χ1v) is 4.35. The van der Waals surface area contributed by atoms with Crippen LogP contribution in [0.5, 0.6) is 0 Å². The van der Waals surface area contributed by atoms with E-state index in [1.807, 2.05) is 0 Å². The van der Waals surface area contributed by atoms with Gasteiger partial charge < -0.3 is 0 Å². The van der Waals surface area contributed by atoms with Crippen molar-refractivity contribution in [2.75, 3.05) is 0 Å². The fraction of sp³-hybridized carbons (Fsp3) is 0.250. The van der Waals surface area contributed by atoms with E-state index in [0.29, 0.717) is 0 Å². The zero-order valence-electron chi connectivity index (χ0n) is 7.02. The Morgan fingerprint density at radius 3 is 2.43 bits per heavy atom. The summed E-state index contributed by atoms with van der Waals surface area (Å²) in [5, 5.41) is 0. The minimum Gasteiger partial charge on any atom is -0.295 e. The molecule has 0 amide bonds. The van der Waals surface area contributed by atoms with Gasteiger partial charge in [-0.25, -0.2) is 4.98 Å². The normalized spacial score (nSPS) is 11.5. The average Bonchev–Trinajstić information content (AvgIpc) is 2.01. The van der Waals surface area contributed by atoms with Crippen molar-refractivity contribution in [2.24, 2.45) is 0 Å². The summed E-state index contributed by atoms with van der Waals surface area (Å²) in [7, 11) is 0. The lowest BCUT2D eigenvalue weighted by atomic mass is 10.1. The van der Waals surface area contributed by atoms with Crippen LogP contribution in [0.2, 0.25) is 0 Å². The summed E-state index contributed by atoms with van der Waals surface area (Å²) in [6.45, 7) is 1.20. The molecule has 76 valence electrons. The first-order chi connectivity index (χ1) is 6.30. The zero-order chi connectivity index (χ0) is 10.9. The molecule has 0 unspecified atom stereocenters. The van der Waals surface area contributed by atoms with E-state index in [0.717, 1.165) is 6.07 Å². The summed E-state index contributed by atoms with van der Waals surface area (Å²) >= 11 is 2.81. The summed E-state index contributed by atoms with van der Waals surface area (Å²) in [6.07, 6.45) is -4.53. The lowest BCUT2D eigenvalue weighted by molar-refractivity contribution is -0.141. The molecule has 0 atom stereocenters. The predicted octanol–water partition coefficient (Wildman–Crippen LogP) is 3.07. The van der Waals surface area contributed by atoms with Gasteiger partial charge in [0.2, 0.25) is 0 Å². The van der Waals surface area contributed by atoms with Gasteiger partial charge in [0.05, 0.1) is 0 Å². The monoisotopic (exact) mass is 267 g/mol. The van der Waals surface area contributed by atoms with Crippen molar-refractivity contribution < 1.29 is 18.0 Å². The molecule has 1 aromatic rings. The first-order valence-electron chi connectivity index (χ1n) is 3.56. The first kappa shape index (κ1) is 11.2. The molecule has 0 saturated heterocycles. The highest BCUT2D eigenvalue weighted by Crippen LogP contribution is 2.29. The van der Waals surface area contributed by atoms with Gasteiger partial charge in [0.25, 0.3) is 0 Å². The Morgan fingerprint density at radius 2 is 2.00 bits per heavy atom. The van der Waals surface area contributed by atoms with Crippen molar-refractivity contribution >= 4 is 21.7 Å². The van der Waals surface area contributed by atoms with Gasteiger partial charge in [-0.1, -0.05) is 0 Å². The number of hydrogen-bond acceptors (Lipinski definition) is 2. The standard InChI is InChI=1S/C8H5BrF3NO/c1-4(14)5-2-6(8(10,11)12)13-7(9)3-5/h2-3H,1H3. The van der Waals surface area contributed by atoms with Crippen molar-refractivity contribution in [3.63, 3.8) is 0 Å². The topological polar surface area (TPSA) is 30.0 Å². The molecule has 1 rings (SSSR count). The molecule has 6 heteroatoms. The third-order valence-corrected chi connectivity index (χ3v) is 1.90. The van der Waals surface area contributed by atoms with E-state index in [9.17, 15) is 18.0 Å². The number of aromatic nitrogens is 1. The molecule has 0 saturated carbocycles. The Labute approximate surface area is 86.3 Å². The van der Waals surface area contributed by atoms with E-state index in [1.165, 1.54) is 13.0 Å². The zero-order valence-corrected chi connectivity index (χ0v) is 8.61. The molecule has 0 bridgehead atoms. The van der Waals surface area contributed by atoms with Crippen LogP contribution in [-0.4, -0.2) is 10.8 Å². The van der Waals surface area contributed by atoms with Gasteiger partial charge >= 0.3 is 6.18 Å². The van der Waals surface area contributed by atoms with Crippen molar-refractivity contribution in [1.29, 1.82) is 0 Å². The van der Waals surface area contributed by atoms with Gasteiger partial charge in [-0.15, -0.1) is 0 Å². The molecule has 0 spiro atoms. The molecular formula is C8H5BrF3NO. The molecule has 0 aliphatic heterocycles. The van der Waals surface area contributed by atoms with E-state index >= 15 is 0 Å². The van der Waals surface area contributed by atoms with Crippen LogP contribution in [0.15, 0.2) is 16.7 Å². The van der Waals surface area contributed by atoms with E-state index in [4.69, 9.17) is 0 Å². The molecular weight excluding hydrogens is 263 g/mol. The maximum atomic E-state index is 12.2. The Hall–Kier alpha value is -0.910. The van der Waals surface area contributed by atoms with Gasteiger partial charge in [-0.05, 0) is 35.0 Å². The van der Waals surface area contributed by atoms with Crippen molar-refractivity contribution in [3.8, 4) is 0 Å². The highest BCUT2D eigenvalue weighted by molar-refractivity contribution is 9.10. The van der Waals surface area contributed by atoms with E-state index in [1.54, 1.807) is 0 Å². The fourth-order valence-corrected chi connectivity index (χ4v) is 1.28. The summed E-state index contributed by atoms with van der Waals surface area (Å²) in [5.41, 5.74) is -1.09. The number of hydrogen-bond donors (Lipinski definition) is 0. The third kappa shape index (κ3) is 2.54. The SMILES string of the molecule is CC(=O)c1cc(Br)nc(C(F)(F)F)c1. The number of ketones is 1. The van der Waals surface area contributed by atoms with Gasteiger partial charge in [0.15, 0.2) is 5.78 Å². The Kier molecular flexibility index (Phi) is 2.94.